The minimum Gasteiger partial charge on any atom is -0.495 e. The number of hydrogen-bond donors (Lipinski definition) is 1. The van der Waals surface area contributed by atoms with Crippen molar-refractivity contribution in [2.75, 3.05) is 24.2 Å². The van der Waals surface area contributed by atoms with Gasteiger partial charge < -0.3 is 15.0 Å². The number of carbonyl (C=O) groups is 2. The first kappa shape index (κ1) is 32.2. The summed E-state index contributed by atoms with van der Waals surface area (Å²) in [6, 6.07) is 19.8. The second-order valence-electron chi connectivity index (χ2n) is 9.72. The van der Waals surface area contributed by atoms with Gasteiger partial charge in [0.05, 0.1) is 24.1 Å². The zero-order valence-corrected chi connectivity index (χ0v) is 25.8. The molecule has 2 amide bonds. The Morgan fingerprint density at radius 2 is 1.63 bits per heavy atom. The van der Waals surface area contributed by atoms with Gasteiger partial charge in [-0.1, -0.05) is 78.7 Å². The van der Waals surface area contributed by atoms with Crippen molar-refractivity contribution < 1.29 is 22.7 Å². The van der Waals surface area contributed by atoms with Crippen LogP contribution in [-0.2, 0) is 32.6 Å². The second-order valence-corrected chi connectivity index (χ2v) is 12.4. The van der Waals surface area contributed by atoms with Crippen LogP contribution in [0.3, 0.4) is 0 Å². The van der Waals surface area contributed by atoms with Crippen molar-refractivity contribution in [2.24, 2.45) is 0 Å². The molecule has 0 bridgehead atoms. The van der Waals surface area contributed by atoms with Gasteiger partial charge in [-0.05, 0) is 48.7 Å². The first-order valence-electron chi connectivity index (χ1n) is 13.1. The third kappa shape index (κ3) is 8.86. The van der Waals surface area contributed by atoms with Gasteiger partial charge in [-0.15, -0.1) is 0 Å². The molecule has 8 nitrogen and oxygen atoms in total. The highest BCUT2D eigenvalue weighted by atomic mass is 35.5. The van der Waals surface area contributed by atoms with Gasteiger partial charge in [-0.25, -0.2) is 8.42 Å². The van der Waals surface area contributed by atoms with Crippen LogP contribution < -0.4 is 14.4 Å². The average Bonchev–Trinajstić information content (AvgIpc) is 2.94. The van der Waals surface area contributed by atoms with Gasteiger partial charge in [-0.3, -0.25) is 13.9 Å². The lowest BCUT2D eigenvalue weighted by atomic mass is 10.0. The molecule has 41 heavy (non-hydrogen) atoms. The molecule has 0 aliphatic heterocycles. The van der Waals surface area contributed by atoms with Crippen molar-refractivity contribution in [1.82, 2.24) is 10.2 Å². The largest absolute Gasteiger partial charge is 0.495 e. The maximum atomic E-state index is 14.1. The summed E-state index contributed by atoms with van der Waals surface area (Å²) in [5, 5.41) is 3.60. The summed E-state index contributed by atoms with van der Waals surface area (Å²) >= 11 is 12.8. The Labute approximate surface area is 252 Å². The Morgan fingerprint density at radius 3 is 2.22 bits per heavy atom. The number of ether oxygens (including phenoxy) is 1. The first-order chi connectivity index (χ1) is 19.4. The minimum atomic E-state index is -3.93. The van der Waals surface area contributed by atoms with Crippen LogP contribution in [0.15, 0.2) is 72.8 Å². The van der Waals surface area contributed by atoms with Crippen molar-refractivity contribution >= 4 is 50.7 Å². The van der Waals surface area contributed by atoms with Crippen LogP contribution in [0.2, 0.25) is 10.0 Å². The number of hydrogen-bond acceptors (Lipinski definition) is 5. The van der Waals surface area contributed by atoms with E-state index in [1.807, 2.05) is 44.2 Å². The molecule has 1 N–H and O–H groups in total. The molecule has 0 radical (unpaired) electrons. The average molecular weight is 621 g/mol. The van der Waals surface area contributed by atoms with Crippen molar-refractivity contribution in [1.29, 1.82) is 0 Å². The Balaban J connectivity index is 2.08. The molecule has 0 saturated heterocycles. The van der Waals surface area contributed by atoms with Crippen LogP contribution in [0.4, 0.5) is 5.69 Å². The number of amides is 2. The van der Waals surface area contributed by atoms with Crippen LogP contribution in [0.5, 0.6) is 5.75 Å². The number of sulfonamides is 1. The zero-order chi connectivity index (χ0) is 30.2. The molecule has 0 aromatic heterocycles. The van der Waals surface area contributed by atoms with Crippen molar-refractivity contribution in [2.45, 2.75) is 45.3 Å². The van der Waals surface area contributed by atoms with E-state index in [4.69, 9.17) is 27.9 Å². The van der Waals surface area contributed by atoms with Crippen LogP contribution in [0.25, 0.3) is 0 Å². The molecule has 0 aliphatic rings. The van der Waals surface area contributed by atoms with Crippen molar-refractivity contribution in [3.8, 4) is 5.75 Å². The summed E-state index contributed by atoms with van der Waals surface area (Å²) in [6.45, 7) is 3.27. The Kier molecular flexibility index (Phi) is 11.5. The maximum absolute atomic E-state index is 14.1. The summed E-state index contributed by atoms with van der Waals surface area (Å²) in [5.74, 6) is -0.565. The third-order valence-corrected chi connectivity index (χ3v) is 8.48. The molecule has 0 saturated carbocycles. The fourth-order valence-corrected chi connectivity index (χ4v) is 5.52. The standard InChI is InChI=1S/C30H35Cl2N3O5S/c1-5-21(2)33-30(37)27(17-22-11-7-6-8-12-22)34(19-23-13-9-10-14-25(23)31)29(36)20-35(41(4,38)39)24-15-16-28(40-3)26(32)18-24/h6-16,18,21,27H,5,17,19-20H2,1-4H3,(H,33,37)/t21-,27-/m1/s1. The number of halogens is 2. The molecular weight excluding hydrogens is 585 g/mol. The number of benzene rings is 3. The summed E-state index contributed by atoms with van der Waals surface area (Å²) in [5.41, 5.74) is 1.65. The van der Waals surface area contributed by atoms with E-state index in [9.17, 15) is 18.0 Å². The number of methoxy groups -OCH3 is 1. The molecule has 0 spiro atoms. The number of carbonyl (C=O) groups excluding carboxylic acids is 2. The summed E-state index contributed by atoms with van der Waals surface area (Å²) in [4.78, 5) is 29.2. The Hall–Kier alpha value is -3.27. The zero-order valence-electron chi connectivity index (χ0n) is 23.5. The predicted molar refractivity (Wildman–Crippen MR) is 164 cm³/mol. The normalized spacial score (nSPS) is 12.7. The lowest BCUT2D eigenvalue weighted by molar-refractivity contribution is -0.140. The van der Waals surface area contributed by atoms with Crippen LogP contribution >= 0.6 is 23.2 Å². The molecule has 220 valence electrons. The quantitative estimate of drug-likeness (QED) is 0.279. The third-order valence-electron chi connectivity index (χ3n) is 6.67. The van der Waals surface area contributed by atoms with Crippen LogP contribution in [0.1, 0.15) is 31.4 Å². The van der Waals surface area contributed by atoms with E-state index in [2.05, 4.69) is 5.32 Å². The number of nitrogens with zero attached hydrogens (tertiary/aromatic N) is 2. The van der Waals surface area contributed by atoms with Gasteiger partial charge in [0, 0.05) is 24.0 Å². The van der Waals surface area contributed by atoms with E-state index in [-0.39, 0.29) is 35.6 Å². The fraction of sp³-hybridized carbons (Fsp3) is 0.333. The molecule has 3 rings (SSSR count). The molecule has 3 aromatic carbocycles. The van der Waals surface area contributed by atoms with Crippen LogP contribution in [0, 0.1) is 0 Å². The molecule has 3 aromatic rings. The van der Waals surface area contributed by atoms with E-state index in [0.29, 0.717) is 22.8 Å². The van der Waals surface area contributed by atoms with Crippen molar-refractivity contribution in [3.63, 3.8) is 0 Å². The summed E-state index contributed by atoms with van der Waals surface area (Å²) in [7, 11) is -2.48. The van der Waals surface area contributed by atoms with Crippen molar-refractivity contribution in [3.05, 3.63) is 94.0 Å². The van der Waals surface area contributed by atoms with E-state index in [0.717, 1.165) is 16.1 Å². The van der Waals surface area contributed by atoms with Gasteiger partial charge in [0.1, 0.15) is 18.3 Å². The lowest BCUT2D eigenvalue weighted by Gasteiger charge is -2.34. The first-order valence-corrected chi connectivity index (χ1v) is 15.7. The van der Waals surface area contributed by atoms with E-state index in [1.165, 1.54) is 30.2 Å². The van der Waals surface area contributed by atoms with Gasteiger partial charge in [-0.2, -0.15) is 0 Å². The molecule has 0 unspecified atom stereocenters. The molecule has 2 atom stereocenters. The molecule has 0 fully saturated rings. The summed E-state index contributed by atoms with van der Waals surface area (Å²) < 4.78 is 32.0. The van der Waals surface area contributed by atoms with E-state index >= 15 is 0 Å². The van der Waals surface area contributed by atoms with Gasteiger partial charge in [0.15, 0.2) is 0 Å². The molecule has 0 aliphatic carbocycles. The van der Waals surface area contributed by atoms with Gasteiger partial charge in [0.2, 0.25) is 21.8 Å². The van der Waals surface area contributed by atoms with Gasteiger partial charge in [0.25, 0.3) is 0 Å². The highest BCUT2D eigenvalue weighted by Crippen LogP contribution is 2.30. The van der Waals surface area contributed by atoms with Crippen LogP contribution in [-0.4, -0.2) is 57.1 Å². The number of nitrogens with one attached hydrogen (secondary N) is 1. The maximum Gasteiger partial charge on any atom is 0.244 e. The highest BCUT2D eigenvalue weighted by Gasteiger charge is 2.33. The van der Waals surface area contributed by atoms with E-state index < -0.39 is 28.5 Å². The molecule has 0 heterocycles. The van der Waals surface area contributed by atoms with E-state index in [1.54, 1.807) is 24.3 Å². The lowest BCUT2D eigenvalue weighted by Crippen LogP contribution is -2.54. The fourth-order valence-electron chi connectivity index (χ4n) is 4.23. The Bertz CT molecular complexity index is 1450. The minimum absolute atomic E-state index is 0.00902. The predicted octanol–water partition coefficient (Wildman–Crippen LogP) is 5.32. The number of anilines is 1. The topological polar surface area (TPSA) is 96.0 Å². The molecular formula is C30H35Cl2N3O5S. The second kappa shape index (κ2) is 14.6. The highest BCUT2D eigenvalue weighted by molar-refractivity contribution is 7.92. The monoisotopic (exact) mass is 619 g/mol. The Morgan fingerprint density at radius 1 is 0.976 bits per heavy atom. The summed E-state index contributed by atoms with van der Waals surface area (Å²) in [6.07, 6.45) is 1.92. The molecule has 11 heteroatoms. The smallest absolute Gasteiger partial charge is 0.244 e. The SMILES string of the molecule is CC[C@@H](C)NC(=O)[C@@H](Cc1ccccc1)N(Cc1ccccc1Cl)C(=O)CN(c1ccc(OC)c(Cl)c1)S(C)(=O)=O. The van der Waals surface area contributed by atoms with Gasteiger partial charge >= 0.3 is 0 Å². The number of rotatable bonds is 13.